The number of nitrogens with one attached hydrogen (secondary N) is 1. The summed E-state index contributed by atoms with van der Waals surface area (Å²) >= 11 is 0. The molecule has 0 spiro atoms. The van der Waals surface area contributed by atoms with Crippen LogP contribution in [0.5, 0.6) is 0 Å². The van der Waals surface area contributed by atoms with Gasteiger partial charge in [0.2, 0.25) is 0 Å². The number of fused-ring (bicyclic) bond motifs is 1. The van der Waals surface area contributed by atoms with E-state index in [1.54, 1.807) is 24.2 Å². The van der Waals surface area contributed by atoms with E-state index in [1.165, 1.54) is 0 Å². The van der Waals surface area contributed by atoms with E-state index in [9.17, 15) is 9.59 Å². The third-order valence-corrected chi connectivity index (χ3v) is 4.28. The van der Waals surface area contributed by atoms with Gasteiger partial charge in [0.05, 0.1) is 13.0 Å². The first-order chi connectivity index (χ1) is 13.1. The molecular weight excluding hydrogens is 342 g/mol. The number of aromatic amines is 1. The van der Waals surface area contributed by atoms with E-state index in [0.29, 0.717) is 18.8 Å². The third-order valence-electron chi connectivity index (χ3n) is 4.28. The lowest BCUT2D eigenvalue weighted by molar-refractivity contribution is -0.143. The van der Waals surface area contributed by atoms with Crippen molar-refractivity contribution >= 4 is 22.8 Å². The zero-order valence-corrected chi connectivity index (χ0v) is 15.6. The Balaban J connectivity index is 1.82. The maximum absolute atomic E-state index is 13.1. The number of benzene rings is 1. The van der Waals surface area contributed by atoms with Gasteiger partial charge in [0.15, 0.2) is 0 Å². The Labute approximate surface area is 158 Å². The highest BCUT2D eigenvalue weighted by molar-refractivity contribution is 5.98. The molecule has 6 heteroatoms. The summed E-state index contributed by atoms with van der Waals surface area (Å²) in [6.45, 7) is 4.76. The number of esters is 1. The summed E-state index contributed by atoms with van der Waals surface area (Å²) in [6.07, 6.45) is 3.56. The van der Waals surface area contributed by atoms with Crippen LogP contribution in [0, 0.1) is 6.92 Å². The van der Waals surface area contributed by atoms with E-state index in [4.69, 9.17) is 4.74 Å². The monoisotopic (exact) mass is 365 g/mol. The van der Waals surface area contributed by atoms with Gasteiger partial charge in [0.25, 0.3) is 5.91 Å². The predicted octanol–water partition coefficient (Wildman–Crippen LogP) is 3.47. The van der Waals surface area contributed by atoms with Gasteiger partial charge in [0.1, 0.15) is 5.69 Å². The molecule has 0 fully saturated rings. The Morgan fingerprint density at radius 3 is 2.81 bits per heavy atom. The fraction of sp³-hybridized carbons (Fsp3) is 0.286. The van der Waals surface area contributed by atoms with Crippen molar-refractivity contribution in [3.05, 3.63) is 65.6 Å². The number of ether oxygens (including phenoxy) is 1. The molecule has 3 rings (SSSR count). The van der Waals surface area contributed by atoms with Crippen LogP contribution in [0.4, 0.5) is 0 Å². The topological polar surface area (TPSA) is 75.3 Å². The molecule has 0 radical (unpaired) electrons. The number of carbonyl (C=O) groups is 2. The fourth-order valence-corrected chi connectivity index (χ4v) is 2.95. The number of aryl methyl sites for hydroxylation is 1. The second-order valence-corrected chi connectivity index (χ2v) is 6.42. The second kappa shape index (κ2) is 8.49. The van der Waals surface area contributed by atoms with Crippen LogP contribution in [-0.4, -0.2) is 39.9 Å². The Hall–Kier alpha value is -3.15. The minimum Gasteiger partial charge on any atom is -0.466 e. The minimum atomic E-state index is -0.311. The number of aromatic nitrogens is 2. The molecule has 0 aliphatic heterocycles. The van der Waals surface area contributed by atoms with E-state index in [-0.39, 0.29) is 24.8 Å². The average molecular weight is 365 g/mol. The van der Waals surface area contributed by atoms with Gasteiger partial charge in [-0.1, -0.05) is 18.2 Å². The first-order valence-corrected chi connectivity index (χ1v) is 9.00. The highest BCUT2D eigenvalue weighted by atomic mass is 16.5. The molecule has 2 aromatic heterocycles. The van der Waals surface area contributed by atoms with Gasteiger partial charge in [-0.2, -0.15) is 0 Å². The van der Waals surface area contributed by atoms with Crippen molar-refractivity contribution in [2.45, 2.75) is 26.8 Å². The lowest BCUT2D eigenvalue weighted by Gasteiger charge is -2.21. The Bertz CT molecular complexity index is 934. The summed E-state index contributed by atoms with van der Waals surface area (Å²) in [5.74, 6) is -0.467. The SMILES string of the molecule is CCOC(=O)CCN(Cc1cccnc1)C(=O)c1cc2ccc(C)cc2[nH]1. The average Bonchev–Trinajstić information content (AvgIpc) is 3.08. The van der Waals surface area contributed by atoms with Crippen LogP contribution in [-0.2, 0) is 16.1 Å². The molecule has 6 nitrogen and oxygen atoms in total. The summed E-state index contributed by atoms with van der Waals surface area (Å²) in [5.41, 5.74) is 3.45. The first kappa shape index (κ1) is 18.6. The van der Waals surface area contributed by atoms with Crippen molar-refractivity contribution in [2.24, 2.45) is 0 Å². The number of nitrogens with zero attached hydrogens (tertiary/aromatic N) is 2. The molecule has 1 N–H and O–H groups in total. The molecule has 0 saturated heterocycles. The van der Waals surface area contributed by atoms with Crippen LogP contribution in [0.25, 0.3) is 10.9 Å². The largest absolute Gasteiger partial charge is 0.466 e. The molecule has 3 aromatic rings. The normalized spacial score (nSPS) is 10.7. The van der Waals surface area contributed by atoms with E-state index in [2.05, 4.69) is 9.97 Å². The number of carbonyl (C=O) groups excluding carboxylic acids is 2. The third kappa shape index (κ3) is 4.73. The Morgan fingerprint density at radius 2 is 2.07 bits per heavy atom. The highest BCUT2D eigenvalue weighted by Crippen LogP contribution is 2.19. The number of amides is 1. The lowest BCUT2D eigenvalue weighted by atomic mass is 10.2. The number of hydrogen-bond acceptors (Lipinski definition) is 4. The zero-order chi connectivity index (χ0) is 19.2. The van der Waals surface area contributed by atoms with Crippen molar-refractivity contribution in [3.63, 3.8) is 0 Å². The summed E-state index contributed by atoms with van der Waals surface area (Å²) in [7, 11) is 0. The fourth-order valence-electron chi connectivity index (χ4n) is 2.95. The standard InChI is InChI=1S/C21H23N3O3/c1-3-27-20(25)8-10-24(14-16-5-4-9-22-13-16)21(26)19-12-17-7-6-15(2)11-18(17)23-19/h4-7,9,11-13,23H,3,8,10,14H2,1-2H3. The molecule has 0 aliphatic carbocycles. The van der Waals surface area contributed by atoms with Gasteiger partial charge in [-0.05, 0) is 43.2 Å². The van der Waals surface area contributed by atoms with Crippen molar-refractivity contribution < 1.29 is 14.3 Å². The first-order valence-electron chi connectivity index (χ1n) is 9.00. The van der Waals surface area contributed by atoms with Crippen LogP contribution in [0.15, 0.2) is 48.8 Å². The van der Waals surface area contributed by atoms with E-state index >= 15 is 0 Å². The van der Waals surface area contributed by atoms with Gasteiger partial charge in [0, 0.05) is 36.4 Å². The van der Waals surface area contributed by atoms with Crippen molar-refractivity contribution in [1.82, 2.24) is 14.9 Å². The molecule has 27 heavy (non-hydrogen) atoms. The van der Waals surface area contributed by atoms with E-state index in [1.807, 2.05) is 43.3 Å². The van der Waals surface area contributed by atoms with Crippen molar-refractivity contribution in [2.75, 3.05) is 13.2 Å². The molecule has 2 heterocycles. The molecule has 1 amide bonds. The van der Waals surface area contributed by atoms with Crippen LogP contribution in [0.1, 0.15) is 35.0 Å². The molecule has 0 saturated carbocycles. The van der Waals surface area contributed by atoms with Crippen molar-refractivity contribution in [1.29, 1.82) is 0 Å². The Kier molecular flexibility index (Phi) is 5.86. The molecular formula is C21H23N3O3. The number of H-pyrrole nitrogens is 1. The van der Waals surface area contributed by atoms with E-state index in [0.717, 1.165) is 22.0 Å². The van der Waals surface area contributed by atoms with Crippen LogP contribution >= 0.6 is 0 Å². The van der Waals surface area contributed by atoms with Gasteiger partial charge in [-0.25, -0.2) is 0 Å². The van der Waals surface area contributed by atoms with Crippen LogP contribution in [0.2, 0.25) is 0 Å². The molecule has 140 valence electrons. The molecule has 0 bridgehead atoms. The summed E-state index contributed by atoms with van der Waals surface area (Å²) < 4.78 is 4.99. The Morgan fingerprint density at radius 1 is 1.22 bits per heavy atom. The number of pyridine rings is 1. The van der Waals surface area contributed by atoms with Gasteiger partial charge < -0.3 is 14.6 Å². The van der Waals surface area contributed by atoms with Gasteiger partial charge >= 0.3 is 5.97 Å². The van der Waals surface area contributed by atoms with Crippen molar-refractivity contribution in [3.8, 4) is 0 Å². The molecule has 0 aliphatic rings. The number of hydrogen-bond donors (Lipinski definition) is 1. The quantitative estimate of drug-likeness (QED) is 0.651. The highest BCUT2D eigenvalue weighted by Gasteiger charge is 2.20. The molecule has 0 unspecified atom stereocenters. The maximum Gasteiger partial charge on any atom is 0.307 e. The summed E-state index contributed by atoms with van der Waals surface area (Å²) in [5, 5.41) is 0.982. The van der Waals surface area contributed by atoms with Crippen LogP contribution < -0.4 is 0 Å². The molecule has 1 aromatic carbocycles. The minimum absolute atomic E-state index is 0.152. The maximum atomic E-state index is 13.1. The van der Waals surface area contributed by atoms with Gasteiger partial charge in [-0.3, -0.25) is 14.6 Å². The predicted molar refractivity (Wildman–Crippen MR) is 103 cm³/mol. The summed E-state index contributed by atoms with van der Waals surface area (Å²) in [4.78, 5) is 33.8. The lowest BCUT2D eigenvalue weighted by Crippen LogP contribution is -2.33. The van der Waals surface area contributed by atoms with Gasteiger partial charge in [-0.15, -0.1) is 0 Å². The van der Waals surface area contributed by atoms with Crippen LogP contribution in [0.3, 0.4) is 0 Å². The van der Waals surface area contributed by atoms with E-state index < -0.39 is 0 Å². The zero-order valence-electron chi connectivity index (χ0n) is 15.6. The number of rotatable bonds is 7. The molecule has 0 atom stereocenters. The summed E-state index contributed by atoms with van der Waals surface area (Å²) in [6, 6.07) is 11.6. The smallest absolute Gasteiger partial charge is 0.307 e. The second-order valence-electron chi connectivity index (χ2n) is 6.42.